The van der Waals surface area contributed by atoms with Gasteiger partial charge in [0.15, 0.2) is 0 Å². The molecule has 1 saturated heterocycles. The molecule has 20 heavy (non-hydrogen) atoms. The SMILES string of the molecule is N#Cc1ccccc1OCCOCCN1CCCCC1. The molecule has 4 nitrogen and oxygen atoms in total. The van der Waals surface area contributed by atoms with Crippen LogP contribution in [0.25, 0.3) is 0 Å². The molecule has 0 bridgehead atoms. The van der Waals surface area contributed by atoms with E-state index in [1.165, 1.54) is 32.4 Å². The van der Waals surface area contributed by atoms with E-state index in [0.717, 1.165) is 13.2 Å². The van der Waals surface area contributed by atoms with Gasteiger partial charge < -0.3 is 14.4 Å². The molecule has 0 atom stereocenters. The minimum absolute atomic E-state index is 0.485. The molecule has 0 unspecified atom stereocenters. The summed E-state index contributed by atoms with van der Waals surface area (Å²) in [6.45, 7) is 5.22. The number of likely N-dealkylation sites (tertiary alicyclic amines) is 1. The van der Waals surface area contributed by atoms with Crippen LogP contribution < -0.4 is 4.74 Å². The molecule has 1 aromatic rings. The molecular formula is C16H22N2O2. The van der Waals surface area contributed by atoms with Gasteiger partial charge in [-0.3, -0.25) is 0 Å². The van der Waals surface area contributed by atoms with E-state index in [9.17, 15) is 0 Å². The average Bonchev–Trinajstić information content (AvgIpc) is 2.52. The molecule has 1 aliphatic heterocycles. The maximum atomic E-state index is 8.94. The summed E-state index contributed by atoms with van der Waals surface area (Å²) >= 11 is 0. The zero-order valence-corrected chi connectivity index (χ0v) is 11.9. The van der Waals surface area contributed by atoms with Crippen molar-refractivity contribution in [1.82, 2.24) is 4.90 Å². The van der Waals surface area contributed by atoms with Gasteiger partial charge in [-0.1, -0.05) is 18.6 Å². The molecule has 0 saturated carbocycles. The summed E-state index contributed by atoms with van der Waals surface area (Å²) in [6, 6.07) is 9.39. The van der Waals surface area contributed by atoms with Crippen molar-refractivity contribution in [2.45, 2.75) is 19.3 Å². The maximum Gasteiger partial charge on any atom is 0.137 e. The highest BCUT2D eigenvalue weighted by Gasteiger charge is 2.09. The Labute approximate surface area is 120 Å². The van der Waals surface area contributed by atoms with Crippen LogP contribution in [-0.2, 0) is 4.74 Å². The Hall–Kier alpha value is -1.57. The summed E-state index contributed by atoms with van der Waals surface area (Å²) in [5.74, 6) is 0.634. The number of rotatable bonds is 7. The molecule has 108 valence electrons. The Morgan fingerprint density at radius 1 is 1.05 bits per heavy atom. The lowest BCUT2D eigenvalue weighted by Crippen LogP contribution is -2.32. The van der Waals surface area contributed by atoms with Gasteiger partial charge in [-0.25, -0.2) is 0 Å². The van der Waals surface area contributed by atoms with E-state index in [2.05, 4.69) is 11.0 Å². The standard InChI is InChI=1S/C16H22N2O2/c17-14-15-6-2-3-7-16(15)20-13-12-19-11-10-18-8-4-1-5-9-18/h2-3,6-7H,1,4-5,8-13H2. The number of nitriles is 1. The fraction of sp³-hybridized carbons (Fsp3) is 0.562. The second kappa shape index (κ2) is 8.57. The Balaban J connectivity index is 1.56. The molecule has 4 heteroatoms. The summed E-state index contributed by atoms with van der Waals surface area (Å²) < 4.78 is 11.1. The molecule has 0 radical (unpaired) electrons. The van der Waals surface area contributed by atoms with E-state index in [-0.39, 0.29) is 0 Å². The minimum atomic E-state index is 0.485. The zero-order chi connectivity index (χ0) is 14.0. The van der Waals surface area contributed by atoms with Crippen LogP contribution in [0.5, 0.6) is 5.75 Å². The quantitative estimate of drug-likeness (QED) is 0.716. The van der Waals surface area contributed by atoms with Crippen molar-refractivity contribution in [2.24, 2.45) is 0 Å². The normalized spacial score (nSPS) is 15.8. The van der Waals surface area contributed by atoms with Crippen molar-refractivity contribution < 1.29 is 9.47 Å². The number of ether oxygens (including phenoxy) is 2. The lowest BCUT2D eigenvalue weighted by molar-refractivity contribution is 0.0750. The number of para-hydroxylation sites is 1. The summed E-state index contributed by atoms with van der Waals surface area (Å²) in [5.41, 5.74) is 0.570. The van der Waals surface area contributed by atoms with Gasteiger partial charge in [-0.05, 0) is 38.1 Å². The molecule has 2 rings (SSSR count). The first-order chi connectivity index (χ1) is 9.90. The first-order valence-electron chi connectivity index (χ1n) is 7.32. The van der Waals surface area contributed by atoms with Crippen molar-refractivity contribution in [1.29, 1.82) is 5.26 Å². The van der Waals surface area contributed by atoms with Gasteiger partial charge in [-0.15, -0.1) is 0 Å². The average molecular weight is 274 g/mol. The second-order valence-electron chi connectivity index (χ2n) is 4.97. The predicted molar refractivity (Wildman–Crippen MR) is 77.8 cm³/mol. The van der Waals surface area contributed by atoms with Crippen LogP contribution in [-0.4, -0.2) is 44.4 Å². The molecule has 1 aromatic carbocycles. The first-order valence-corrected chi connectivity index (χ1v) is 7.32. The topological polar surface area (TPSA) is 45.5 Å². The van der Waals surface area contributed by atoms with E-state index in [4.69, 9.17) is 14.7 Å². The Morgan fingerprint density at radius 2 is 1.85 bits per heavy atom. The van der Waals surface area contributed by atoms with Crippen molar-refractivity contribution in [3.63, 3.8) is 0 Å². The van der Waals surface area contributed by atoms with Crippen LogP contribution >= 0.6 is 0 Å². The van der Waals surface area contributed by atoms with Crippen LogP contribution in [0.15, 0.2) is 24.3 Å². The molecular weight excluding hydrogens is 252 g/mol. The fourth-order valence-electron chi connectivity index (χ4n) is 2.37. The molecule has 1 heterocycles. The highest BCUT2D eigenvalue weighted by Crippen LogP contribution is 2.16. The number of benzene rings is 1. The molecule has 0 aliphatic carbocycles. The summed E-state index contributed by atoms with van der Waals surface area (Å²) in [6.07, 6.45) is 3.99. The van der Waals surface area contributed by atoms with Crippen molar-refractivity contribution in [3.05, 3.63) is 29.8 Å². The van der Waals surface area contributed by atoms with Crippen LogP contribution in [0, 0.1) is 11.3 Å². The Kier molecular flexibility index (Phi) is 6.36. The van der Waals surface area contributed by atoms with Gasteiger partial charge in [-0.2, -0.15) is 5.26 Å². The van der Waals surface area contributed by atoms with Crippen molar-refractivity contribution in [3.8, 4) is 11.8 Å². The minimum Gasteiger partial charge on any atom is -0.490 e. The lowest BCUT2D eigenvalue weighted by Gasteiger charge is -2.26. The monoisotopic (exact) mass is 274 g/mol. The molecule has 0 aromatic heterocycles. The van der Waals surface area contributed by atoms with E-state index in [1.54, 1.807) is 6.07 Å². The number of nitrogens with zero attached hydrogens (tertiary/aromatic N) is 2. The van der Waals surface area contributed by atoms with Crippen molar-refractivity contribution in [2.75, 3.05) is 39.5 Å². The number of hydrogen-bond acceptors (Lipinski definition) is 4. The fourth-order valence-corrected chi connectivity index (χ4v) is 2.37. The van der Waals surface area contributed by atoms with Gasteiger partial charge in [0, 0.05) is 6.54 Å². The van der Waals surface area contributed by atoms with Crippen LogP contribution in [0.3, 0.4) is 0 Å². The van der Waals surface area contributed by atoms with Gasteiger partial charge >= 0.3 is 0 Å². The highest BCUT2D eigenvalue weighted by molar-refractivity contribution is 5.42. The molecule has 1 fully saturated rings. The lowest BCUT2D eigenvalue weighted by atomic mass is 10.1. The zero-order valence-electron chi connectivity index (χ0n) is 11.9. The molecule has 0 spiro atoms. The maximum absolute atomic E-state index is 8.94. The van der Waals surface area contributed by atoms with Crippen molar-refractivity contribution >= 4 is 0 Å². The Bertz CT molecular complexity index is 436. The van der Waals surface area contributed by atoms with E-state index < -0.39 is 0 Å². The number of hydrogen-bond donors (Lipinski definition) is 0. The third-order valence-electron chi connectivity index (χ3n) is 3.49. The Morgan fingerprint density at radius 3 is 2.65 bits per heavy atom. The predicted octanol–water partition coefficient (Wildman–Crippen LogP) is 2.44. The highest BCUT2D eigenvalue weighted by atomic mass is 16.5. The van der Waals surface area contributed by atoms with Gasteiger partial charge in [0.1, 0.15) is 18.4 Å². The van der Waals surface area contributed by atoms with Crippen LogP contribution in [0.2, 0.25) is 0 Å². The largest absolute Gasteiger partial charge is 0.490 e. The van der Waals surface area contributed by atoms with Gasteiger partial charge in [0.25, 0.3) is 0 Å². The number of piperidine rings is 1. The van der Waals surface area contributed by atoms with Gasteiger partial charge in [0.2, 0.25) is 0 Å². The third kappa shape index (κ3) is 4.84. The summed E-state index contributed by atoms with van der Waals surface area (Å²) in [4.78, 5) is 2.45. The van der Waals surface area contributed by atoms with E-state index in [1.807, 2.05) is 18.2 Å². The molecule has 0 N–H and O–H groups in total. The van der Waals surface area contributed by atoms with Crippen LogP contribution in [0.4, 0.5) is 0 Å². The van der Waals surface area contributed by atoms with Gasteiger partial charge in [0.05, 0.1) is 18.8 Å². The molecule has 0 amide bonds. The summed E-state index contributed by atoms with van der Waals surface area (Å²) in [5, 5.41) is 8.94. The first kappa shape index (κ1) is 14.8. The van der Waals surface area contributed by atoms with E-state index in [0.29, 0.717) is 24.5 Å². The molecule has 1 aliphatic rings. The van der Waals surface area contributed by atoms with Crippen LogP contribution in [0.1, 0.15) is 24.8 Å². The smallest absolute Gasteiger partial charge is 0.137 e. The summed E-state index contributed by atoms with van der Waals surface area (Å²) in [7, 11) is 0. The second-order valence-corrected chi connectivity index (χ2v) is 4.97. The third-order valence-corrected chi connectivity index (χ3v) is 3.49. The van der Waals surface area contributed by atoms with E-state index >= 15 is 0 Å².